The van der Waals surface area contributed by atoms with Crippen LogP contribution in [0.15, 0.2) is 0 Å². The van der Waals surface area contributed by atoms with Gasteiger partial charge in [-0.25, -0.2) is 4.79 Å². The minimum atomic E-state index is -0.186. The van der Waals surface area contributed by atoms with Crippen LogP contribution >= 0.6 is 11.8 Å². The number of methoxy groups -OCH3 is 1. The zero-order valence-corrected chi connectivity index (χ0v) is 11.3. The molecule has 2 aliphatic heterocycles. The number of carbonyl (C=O) groups is 1. The van der Waals surface area contributed by atoms with Gasteiger partial charge in [0, 0.05) is 30.9 Å². The molecule has 2 rings (SSSR count). The maximum Gasteiger partial charge on any atom is 0.409 e. The summed E-state index contributed by atoms with van der Waals surface area (Å²) in [6, 6.07) is 1.09. The summed E-state index contributed by atoms with van der Waals surface area (Å²) in [7, 11) is 1.46. The van der Waals surface area contributed by atoms with Crippen LogP contribution in [0.4, 0.5) is 4.79 Å². The number of carbonyl (C=O) groups excluding carboxylic acids is 1. The largest absolute Gasteiger partial charge is 0.453 e. The number of likely N-dealkylation sites (tertiary alicyclic amines) is 1. The Morgan fingerprint density at radius 3 is 2.88 bits per heavy atom. The normalized spacial score (nSPS) is 30.1. The molecule has 0 radical (unpaired) electrons. The maximum atomic E-state index is 11.5. The molecule has 0 aromatic rings. The van der Waals surface area contributed by atoms with Gasteiger partial charge in [0.25, 0.3) is 0 Å². The highest BCUT2D eigenvalue weighted by atomic mass is 32.2. The first-order valence-electron chi connectivity index (χ1n) is 6.46. The van der Waals surface area contributed by atoms with Crippen LogP contribution in [0.3, 0.4) is 0 Å². The summed E-state index contributed by atoms with van der Waals surface area (Å²) >= 11 is 2.04. The molecule has 0 aromatic heterocycles. The molecule has 0 aromatic carbocycles. The summed E-state index contributed by atoms with van der Waals surface area (Å²) in [4.78, 5) is 13.3. The SMILES string of the molecule is COC(=O)N1CCC[C@H](N[C@H]2CCCSC2)C1. The lowest BCUT2D eigenvalue weighted by Gasteiger charge is -2.35. The highest BCUT2D eigenvalue weighted by molar-refractivity contribution is 7.99. The molecule has 0 aliphatic carbocycles. The molecule has 0 spiro atoms. The molecule has 2 heterocycles. The van der Waals surface area contributed by atoms with Crippen LogP contribution in [0, 0.1) is 0 Å². The highest BCUT2D eigenvalue weighted by Crippen LogP contribution is 2.19. The lowest BCUT2D eigenvalue weighted by atomic mass is 10.0. The van der Waals surface area contributed by atoms with Crippen molar-refractivity contribution in [2.75, 3.05) is 31.7 Å². The van der Waals surface area contributed by atoms with Crippen molar-refractivity contribution in [1.82, 2.24) is 10.2 Å². The van der Waals surface area contributed by atoms with Crippen LogP contribution in [0.1, 0.15) is 25.7 Å². The van der Waals surface area contributed by atoms with Gasteiger partial charge in [0.15, 0.2) is 0 Å². The molecule has 0 saturated carbocycles. The quantitative estimate of drug-likeness (QED) is 0.818. The van der Waals surface area contributed by atoms with Crippen LogP contribution in [-0.4, -0.2) is 54.8 Å². The highest BCUT2D eigenvalue weighted by Gasteiger charge is 2.26. The van der Waals surface area contributed by atoms with E-state index in [9.17, 15) is 4.79 Å². The lowest BCUT2D eigenvalue weighted by Crippen LogP contribution is -2.51. The molecule has 2 atom stereocenters. The van der Waals surface area contributed by atoms with Crippen LogP contribution in [-0.2, 0) is 4.74 Å². The number of thioether (sulfide) groups is 1. The van der Waals surface area contributed by atoms with Crippen molar-refractivity contribution in [1.29, 1.82) is 0 Å². The molecular formula is C12H22N2O2S. The Morgan fingerprint density at radius 2 is 2.18 bits per heavy atom. The summed E-state index contributed by atoms with van der Waals surface area (Å²) in [5.41, 5.74) is 0. The van der Waals surface area contributed by atoms with E-state index in [2.05, 4.69) is 5.32 Å². The second-order valence-electron chi connectivity index (χ2n) is 4.84. The average molecular weight is 258 g/mol. The summed E-state index contributed by atoms with van der Waals surface area (Å²) < 4.78 is 4.78. The Hall–Kier alpha value is -0.420. The molecule has 4 nitrogen and oxygen atoms in total. The fourth-order valence-corrected chi connectivity index (χ4v) is 3.70. The summed E-state index contributed by atoms with van der Waals surface area (Å²) in [5.74, 6) is 2.52. The van der Waals surface area contributed by atoms with Gasteiger partial charge in [-0.3, -0.25) is 0 Å². The molecular weight excluding hydrogens is 236 g/mol. The molecule has 2 aliphatic rings. The van der Waals surface area contributed by atoms with Gasteiger partial charge in [0.1, 0.15) is 0 Å². The first kappa shape index (κ1) is 13.0. The number of hydrogen-bond donors (Lipinski definition) is 1. The smallest absolute Gasteiger partial charge is 0.409 e. The number of nitrogens with zero attached hydrogens (tertiary/aromatic N) is 1. The average Bonchev–Trinajstić information content (AvgIpc) is 2.39. The molecule has 2 fully saturated rings. The summed E-state index contributed by atoms with van der Waals surface area (Å²) in [5, 5.41) is 3.70. The Labute approximate surface area is 107 Å². The molecule has 17 heavy (non-hydrogen) atoms. The van der Waals surface area contributed by atoms with Crippen molar-refractivity contribution in [3.8, 4) is 0 Å². The number of ether oxygens (including phenoxy) is 1. The predicted octanol–water partition coefficient (Wildman–Crippen LogP) is 1.70. The number of nitrogens with one attached hydrogen (secondary N) is 1. The van der Waals surface area contributed by atoms with Crippen LogP contribution in [0.2, 0.25) is 0 Å². The van der Waals surface area contributed by atoms with E-state index in [0.29, 0.717) is 12.1 Å². The van der Waals surface area contributed by atoms with E-state index in [1.807, 2.05) is 16.7 Å². The van der Waals surface area contributed by atoms with E-state index in [1.54, 1.807) is 0 Å². The van der Waals surface area contributed by atoms with E-state index < -0.39 is 0 Å². The van der Waals surface area contributed by atoms with E-state index in [4.69, 9.17) is 4.74 Å². The molecule has 1 N–H and O–H groups in total. The first-order chi connectivity index (χ1) is 8.29. The molecule has 98 valence electrons. The van der Waals surface area contributed by atoms with Crippen molar-refractivity contribution >= 4 is 17.9 Å². The Kier molecular flexibility index (Phi) is 4.98. The number of hydrogen-bond acceptors (Lipinski definition) is 4. The molecule has 1 amide bonds. The molecule has 5 heteroatoms. The lowest BCUT2D eigenvalue weighted by molar-refractivity contribution is 0.106. The third-order valence-corrected chi connectivity index (χ3v) is 4.70. The topological polar surface area (TPSA) is 41.6 Å². The van der Waals surface area contributed by atoms with Crippen molar-refractivity contribution < 1.29 is 9.53 Å². The van der Waals surface area contributed by atoms with Crippen LogP contribution in [0.5, 0.6) is 0 Å². The van der Waals surface area contributed by atoms with Gasteiger partial charge in [0.05, 0.1) is 7.11 Å². The first-order valence-corrected chi connectivity index (χ1v) is 7.61. The van der Waals surface area contributed by atoms with Crippen molar-refractivity contribution in [3.63, 3.8) is 0 Å². The van der Waals surface area contributed by atoms with Gasteiger partial charge in [0.2, 0.25) is 0 Å². The van der Waals surface area contributed by atoms with Crippen molar-refractivity contribution in [3.05, 3.63) is 0 Å². The fourth-order valence-electron chi connectivity index (χ4n) is 2.61. The Balaban J connectivity index is 1.78. The zero-order valence-electron chi connectivity index (χ0n) is 10.5. The van der Waals surface area contributed by atoms with Crippen molar-refractivity contribution in [2.45, 2.75) is 37.8 Å². The third-order valence-electron chi connectivity index (χ3n) is 3.49. The number of piperidine rings is 1. The maximum absolute atomic E-state index is 11.5. The fraction of sp³-hybridized carbons (Fsp3) is 0.917. The second-order valence-corrected chi connectivity index (χ2v) is 5.99. The third kappa shape index (κ3) is 3.78. The monoisotopic (exact) mass is 258 g/mol. The predicted molar refractivity (Wildman–Crippen MR) is 70.5 cm³/mol. The van der Waals surface area contributed by atoms with Crippen LogP contribution in [0.25, 0.3) is 0 Å². The van der Waals surface area contributed by atoms with E-state index >= 15 is 0 Å². The van der Waals surface area contributed by atoms with Crippen LogP contribution < -0.4 is 5.32 Å². The van der Waals surface area contributed by atoms with Gasteiger partial charge < -0.3 is 15.0 Å². The van der Waals surface area contributed by atoms with Gasteiger partial charge in [-0.15, -0.1) is 0 Å². The van der Waals surface area contributed by atoms with Gasteiger partial charge in [-0.2, -0.15) is 11.8 Å². The van der Waals surface area contributed by atoms with Gasteiger partial charge in [-0.05, 0) is 31.4 Å². The van der Waals surface area contributed by atoms with E-state index in [-0.39, 0.29) is 6.09 Å². The van der Waals surface area contributed by atoms with Gasteiger partial charge >= 0.3 is 6.09 Å². The van der Waals surface area contributed by atoms with Crippen molar-refractivity contribution in [2.24, 2.45) is 0 Å². The summed E-state index contributed by atoms with van der Waals surface area (Å²) in [6.45, 7) is 1.64. The minimum absolute atomic E-state index is 0.186. The van der Waals surface area contributed by atoms with E-state index in [0.717, 1.165) is 19.5 Å². The Morgan fingerprint density at radius 1 is 1.35 bits per heavy atom. The van der Waals surface area contributed by atoms with E-state index in [1.165, 1.54) is 37.9 Å². The molecule has 2 saturated heterocycles. The number of amides is 1. The summed E-state index contributed by atoms with van der Waals surface area (Å²) in [6.07, 6.45) is 4.66. The molecule has 0 unspecified atom stereocenters. The Bertz CT molecular complexity index is 257. The number of rotatable bonds is 2. The standard InChI is InChI=1S/C12H22N2O2S/c1-16-12(15)14-6-2-4-10(8-14)13-11-5-3-7-17-9-11/h10-11,13H,2-9H2,1H3/t10-,11-/m0/s1. The second kappa shape index (κ2) is 6.50. The minimum Gasteiger partial charge on any atom is -0.453 e. The zero-order chi connectivity index (χ0) is 12.1. The van der Waals surface area contributed by atoms with Gasteiger partial charge in [-0.1, -0.05) is 0 Å². The molecule has 0 bridgehead atoms.